The van der Waals surface area contributed by atoms with E-state index in [1.54, 1.807) is 36.1 Å². The molecule has 1 amide bonds. The Bertz CT molecular complexity index is 918. The van der Waals surface area contributed by atoms with Gasteiger partial charge in [0.15, 0.2) is 5.82 Å². The predicted octanol–water partition coefficient (Wildman–Crippen LogP) is 3.24. The van der Waals surface area contributed by atoms with Crippen LogP contribution < -0.4 is 0 Å². The van der Waals surface area contributed by atoms with Gasteiger partial charge in [-0.2, -0.15) is 10.1 Å². The Hall–Kier alpha value is -2.67. The molecule has 1 aliphatic heterocycles. The third-order valence-electron chi connectivity index (χ3n) is 4.52. The second-order valence-corrected chi connectivity index (χ2v) is 6.86. The van der Waals surface area contributed by atoms with E-state index >= 15 is 0 Å². The molecule has 3 heterocycles. The molecule has 1 aromatic carbocycles. The van der Waals surface area contributed by atoms with E-state index in [2.05, 4.69) is 15.2 Å². The molecule has 1 saturated heterocycles. The molecular formula is C18H18ClN5O2. The summed E-state index contributed by atoms with van der Waals surface area (Å²) in [6, 6.07) is 7.31. The summed E-state index contributed by atoms with van der Waals surface area (Å²) in [5, 5.41) is 8.81. The molecule has 0 aliphatic carbocycles. The van der Waals surface area contributed by atoms with Crippen molar-refractivity contribution in [3.63, 3.8) is 0 Å². The van der Waals surface area contributed by atoms with Crippen LogP contribution in [0, 0.1) is 6.92 Å². The summed E-state index contributed by atoms with van der Waals surface area (Å²) in [5.74, 6) is 1.27. The van der Waals surface area contributed by atoms with Crippen molar-refractivity contribution < 1.29 is 9.32 Å². The summed E-state index contributed by atoms with van der Waals surface area (Å²) >= 11 is 5.91. The Morgan fingerprint density at radius 3 is 2.85 bits per heavy atom. The van der Waals surface area contributed by atoms with Crippen LogP contribution >= 0.6 is 11.6 Å². The van der Waals surface area contributed by atoms with E-state index in [4.69, 9.17) is 16.1 Å². The lowest BCUT2D eigenvalue weighted by Crippen LogP contribution is -2.39. The number of halogens is 1. The van der Waals surface area contributed by atoms with E-state index in [-0.39, 0.29) is 11.8 Å². The van der Waals surface area contributed by atoms with Crippen LogP contribution in [0.5, 0.6) is 0 Å². The molecule has 134 valence electrons. The first-order chi connectivity index (χ1) is 12.6. The minimum atomic E-state index is -0.0360. The van der Waals surface area contributed by atoms with Crippen molar-refractivity contribution in [2.24, 2.45) is 0 Å². The minimum absolute atomic E-state index is 0.0360. The van der Waals surface area contributed by atoms with Gasteiger partial charge in [-0.3, -0.25) is 4.79 Å². The molecule has 3 aromatic rings. The number of aryl methyl sites for hydroxylation is 1. The van der Waals surface area contributed by atoms with Crippen molar-refractivity contribution in [1.82, 2.24) is 24.8 Å². The molecular weight excluding hydrogens is 354 g/mol. The van der Waals surface area contributed by atoms with Gasteiger partial charge in [0, 0.05) is 24.3 Å². The second kappa shape index (κ2) is 6.92. The molecule has 7 nitrogen and oxygen atoms in total. The van der Waals surface area contributed by atoms with Gasteiger partial charge in [0.25, 0.3) is 5.91 Å². The van der Waals surface area contributed by atoms with E-state index in [1.165, 1.54) is 0 Å². The van der Waals surface area contributed by atoms with Gasteiger partial charge in [-0.15, -0.1) is 0 Å². The van der Waals surface area contributed by atoms with Crippen molar-refractivity contribution in [2.75, 3.05) is 13.1 Å². The average molecular weight is 372 g/mol. The quantitative estimate of drug-likeness (QED) is 0.706. The van der Waals surface area contributed by atoms with Gasteiger partial charge >= 0.3 is 0 Å². The van der Waals surface area contributed by atoms with Crippen molar-refractivity contribution in [2.45, 2.75) is 25.7 Å². The zero-order valence-corrected chi connectivity index (χ0v) is 15.1. The number of hydrogen-bond acceptors (Lipinski definition) is 5. The Kier molecular flexibility index (Phi) is 4.46. The van der Waals surface area contributed by atoms with Gasteiger partial charge in [-0.05, 0) is 44.0 Å². The van der Waals surface area contributed by atoms with E-state index in [0.29, 0.717) is 35.4 Å². The highest BCUT2D eigenvalue weighted by atomic mass is 35.5. The normalized spacial score (nSPS) is 17.5. The number of carbonyl (C=O) groups is 1. The number of piperidine rings is 1. The lowest BCUT2D eigenvalue weighted by atomic mass is 9.97. The van der Waals surface area contributed by atoms with Gasteiger partial charge in [0.1, 0.15) is 0 Å². The SMILES string of the molecule is Cc1noc(C2CCCN(C(=O)c3cnn(-c4ccc(Cl)cc4)c3)C2)n1. The lowest BCUT2D eigenvalue weighted by molar-refractivity contribution is 0.0695. The summed E-state index contributed by atoms with van der Waals surface area (Å²) in [5.41, 5.74) is 1.41. The van der Waals surface area contributed by atoms with Crippen molar-refractivity contribution in [1.29, 1.82) is 0 Å². The fraction of sp³-hybridized carbons (Fsp3) is 0.333. The number of hydrogen-bond donors (Lipinski definition) is 0. The minimum Gasteiger partial charge on any atom is -0.339 e. The number of amides is 1. The van der Waals surface area contributed by atoms with Crippen LogP contribution in [0.3, 0.4) is 0 Å². The van der Waals surface area contributed by atoms with Crippen LogP contribution in [0.4, 0.5) is 0 Å². The number of aromatic nitrogens is 4. The highest BCUT2D eigenvalue weighted by Crippen LogP contribution is 2.26. The van der Waals surface area contributed by atoms with Gasteiger partial charge in [0.2, 0.25) is 5.89 Å². The molecule has 1 atom stereocenters. The van der Waals surface area contributed by atoms with Gasteiger partial charge < -0.3 is 9.42 Å². The van der Waals surface area contributed by atoms with Crippen LogP contribution in [0.15, 0.2) is 41.2 Å². The fourth-order valence-electron chi connectivity index (χ4n) is 3.19. The number of likely N-dealkylation sites (tertiary alicyclic amines) is 1. The van der Waals surface area contributed by atoms with E-state index in [1.807, 2.05) is 17.0 Å². The van der Waals surface area contributed by atoms with Crippen LogP contribution in [-0.2, 0) is 0 Å². The highest BCUT2D eigenvalue weighted by Gasteiger charge is 2.29. The topological polar surface area (TPSA) is 77.0 Å². The largest absolute Gasteiger partial charge is 0.339 e. The second-order valence-electron chi connectivity index (χ2n) is 6.42. The maximum absolute atomic E-state index is 12.9. The van der Waals surface area contributed by atoms with Gasteiger partial charge in [0.05, 0.1) is 23.4 Å². The van der Waals surface area contributed by atoms with E-state index in [0.717, 1.165) is 18.5 Å². The number of nitrogens with zero attached hydrogens (tertiary/aromatic N) is 5. The summed E-state index contributed by atoms with van der Waals surface area (Å²) in [6.07, 6.45) is 5.18. The van der Waals surface area contributed by atoms with Gasteiger partial charge in [-0.1, -0.05) is 16.8 Å². The number of rotatable bonds is 3. The summed E-state index contributed by atoms with van der Waals surface area (Å²) in [4.78, 5) is 19.0. The Morgan fingerprint density at radius 2 is 2.12 bits per heavy atom. The first-order valence-corrected chi connectivity index (χ1v) is 8.88. The molecule has 1 unspecified atom stereocenters. The molecule has 2 aromatic heterocycles. The monoisotopic (exact) mass is 371 g/mol. The first-order valence-electron chi connectivity index (χ1n) is 8.50. The Labute approximate surface area is 155 Å². The van der Waals surface area contributed by atoms with Crippen molar-refractivity contribution in [3.8, 4) is 5.69 Å². The molecule has 0 radical (unpaired) electrons. The molecule has 1 aliphatic rings. The van der Waals surface area contributed by atoms with E-state index < -0.39 is 0 Å². The van der Waals surface area contributed by atoms with Crippen LogP contribution in [-0.4, -0.2) is 43.8 Å². The maximum Gasteiger partial charge on any atom is 0.257 e. The molecule has 0 bridgehead atoms. The lowest BCUT2D eigenvalue weighted by Gasteiger charge is -2.30. The standard InChI is InChI=1S/C18H18ClN5O2/c1-12-21-17(26-22-12)13-3-2-8-23(10-13)18(25)14-9-20-24(11-14)16-6-4-15(19)5-7-16/h4-7,9,11,13H,2-3,8,10H2,1H3. The maximum atomic E-state index is 12.9. The van der Waals surface area contributed by atoms with Crippen molar-refractivity contribution >= 4 is 17.5 Å². The summed E-state index contributed by atoms with van der Waals surface area (Å²) in [7, 11) is 0. The van der Waals surface area contributed by atoms with Crippen LogP contribution in [0.25, 0.3) is 5.69 Å². The number of benzene rings is 1. The van der Waals surface area contributed by atoms with Gasteiger partial charge in [-0.25, -0.2) is 4.68 Å². The molecule has 4 rings (SSSR count). The smallest absolute Gasteiger partial charge is 0.257 e. The fourth-order valence-corrected chi connectivity index (χ4v) is 3.32. The summed E-state index contributed by atoms with van der Waals surface area (Å²) < 4.78 is 6.96. The zero-order valence-electron chi connectivity index (χ0n) is 14.3. The highest BCUT2D eigenvalue weighted by molar-refractivity contribution is 6.30. The first kappa shape index (κ1) is 16.8. The van der Waals surface area contributed by atoms with Crippen LogP contribution in [0.1, 0.15) is 40.8 Å². The molecule has 1 fully saturated rings. The third kappa shape index (κ3) is 3.35. The third-order valence-corrected chi connectivity index (χ3v) is 4.77. The molecule has 26 heavy (non-hydrogen) atoms. The molecule has 0 N–H and O–H groups in total. The molecule has 0 saturated carbocycles. The average Bonchev–Trinajstić information content (AvgIpc) is 3.31. The zero-order chi connectivity index (χ0) is 18.1. The Morgan fingerprint density at radius 1 is 1.31 bits per heavy atom. The predicted molar refractivity (Wildman–Crippen MR) is 95.5 cm³/mol. The Balaban J connectivity index is 1.49. The molecule has 8 heteroatoms. The summed E-state index contributed by atoms with van der Waals surface area (Å²) in [6.45, 7) is 3.09. The van der Waals surface area contributed by atoms with Crippen molar-refractivity contribution in [3.05, 3.63) is 59.0 Å². The van der Waals surface area contributed by atoms with Crippen LogP contribution in [0.2, 0.25) is 5.02 Å². The molecule has 0 spiro atoms. The van der Waals surface area contributed by atoms with E-state index in [9.17, 15) is 4.79 Å². The number of carbonyl (C=O) groups excluding carboxylic acids is 1.